The van der Waals surface area contributed by atoms with E-state index in [1.165, 1.54) is 10.4 Å². The molecular weight excluding hydrogens is 356 g/mol. The third-order valence-corrected chi connectivity index (χ3v) is 5.75. The van der Waals surface area contributed by atoms with Gasteiger partial charge in [-0.05, 0) is 31.5 Å². The highest BCUT2D eigenvalue weighted by molar-refractivity contribution is 9.10. The number of sulfonamides is 1. The summed E-state index contributed by atoms with van der Waals surface area (Å²) < 4.78 is 26.6. The van der Waals surface area contributed by atoms with Gasteiger partial charge in [-0.3, -0.25) is 4.79 Å². The molecule has 7 heteroatoms. The lowest BCUT2D eigenvalue weighted by Gasteiger charge is -2.20. The van der Waals surface area contributed by atoms with Crippen LogP contribution in [0.25, 0.3) is 0 Å². The standard InChI is InChI=1S/C14H21BrN2O3S/c1-5-17(6-2)21(19,20)13-9-12(8-7-10(13)3)16-14(18)11(4)15/h7-9,11H,5-6H2,1-4H3,(H,16,18). The molecule has 0 spiro atoms. The van der Waals surface area contributed by atoms with Crippen molar-refractivity contribution in [2.75, 3.05) is 18.4 Å². The summed E-state index contributed by atoms with van der Waals surface area (Å²) in [6.45, 7) is 7.87. The topological polar surface area (TPSA) is 66.5 Å². The second-order valence-electron chi connectivity index (χ2n) is 4.67. The van der Waals surface area contributed by atoms with Crippen LogP contribution in [0.5, 0.6) is 0 Å². The van der Waals surface area contributed by atoms with Crippen molar-refractivity contribution in [2.24, 2.45) is 0 Å². The van der Waals surface area contributed by atoms with E-state index in [1.807, 2.05) is 0 Å². The van der Waals surface area contributed by atoms with Crippen molar-refractivity contribution in [3.63, 3.8) is 0 Å². The van der Waals surface area contributed by atoms with Crippen molar-refractivity contribution >= 4 is 37.5 Å². The molecule has 0 aromatic heterocycles. The third-order valence-electron chi connectivity index (χ3n) is 3.14. The number of amides is 1. The van der Waals surface area contributed by atoms with Crippen molar-refractivity contribution in [2.45, 2.75) is 37.4 Å². The highest BCUT2D eigenvalue weighted by Crippen LogP contribution is 2.24. The highest BCUT2D eigenvalue weighted by Gasteiger charge is 2.24. The summed E-state index contributed by atoms with van der Waals surface area (Å²) in [5, 5.41) is 2.69. The van der Waals surface area contributed by atoms with E-state index in [2.05, 4.69) is 21.2 Å². The molecular formula is C14H21BrN2O3S. The van der Waals surface area contributed by atoms with Gasteiger partial charge in [-0.2, -0.15) is 4.31 Å². The van der Waals surface area contributed by atoms with Gasteiger partial charge in [0.05, 0.1) is 9.72 Å². The summed E-state index contributed by atoms with van der Waals surface area (Å²) in [5.74, 6) is -0.218. The minimum absolute atomic E-state index is 0.218. The number of nitrogens with zero attached hydrogens (tertiary/aromatic N) is 1. The Hall–Kier alpha value is -0.920. The molecule has 1 rings (SSSR count). The van der Waals surface area contributed by atoms with Gasteiger partial charge >= 0.3 is 0 Å². The lowest BCUT2D eigenvalue weighted by molar-refractivity contribution is -0.115. The molecule has 1 aromatic carbocycles. The molecule has 118 valence electrons. The minimum atomic E-state index is -3.54. The molecule has 1 atom stereocenters. The van der Waals surface area contributed by atoms with Gasteiger partial charge in [0.25, 0.3) is 0 Å². The van der Waals surface area contributed by atoms with Crippen LogP contribution in [-0.4, -0.2) is 36.5 Å². The number of carbonyl (C=O) groups excluding carboxylic acids is 1. The van der Waals surface area contributed by atoms with Gasteiger partial charge in [-0.25, -0.2) is 8.42 Å². The van der Waals surface area contributed by atoms with Crippen LogP contribution < -0.4 is 5.32 Å². The fourth-order valence-electron chi connectivity index (χ4n) is 1.90. The molecule has 5 nitrogen and oxygen atoms in total. The predicted molar refractivity (Wildman–Crippen MR) is 88.3 cm³/mol. The third kappa shape index (κ3) is 4.28. The zero-order valence-corrected chi connectivity index (χ0v) is 15.1. The number of hydrogen-bond acceptors (Lipinski definition) is 3. The summed E-state index contributed by atoms with van der Waals surface area (Å²) in [7, 11) is -3.54. The Morgan fingerprint density at radius 2 is 1.90 bits per heavy atom. The number of halogens is 1. The number of benzene rings is 1. The zero-order valence-electron chi connectivity index (χ0n) is 12.7. The number of alkyl halides is 1. The fraction of sp³-hybridized carbons (Fsp3) is 0.500. The van der Waals surface area contributed by atoms with E-state index in [0.717, 1.165) is 0 Å². The summed E-state index contributed by atoms with van der Waals surface area (Å²) >= 11 is 3.18. The van der Waals surface area contributed by atoms with Gasteiger partial charge in [0.2, 0.25) is 15.9 Å². The van der Waals surface area contributed by atoms with Gasteiger partial charge < -0.3 is 5.32 Å². The van der Waals surface area contributed by atoms with Crippen LogP contribution in [0.1, 0.15) is 26.3 Å². The molecule has 1 aromatic rings. The SMILES string of the molecule is CCN(CC)S(=O)(=O)c1cc(NC(=O)C(C)Br)ccc1C. The second kappa shape index (κ2) is 7.38. The molecule has 0 radical (unpaired) electrons. The quantitative estimate of drug-likeness (QED) is 0.776. The molecule has 1 unspecified atom stereocenters. The van der Waals surface area contributed by atoms with Crippen LogP contribution in [0.2, 0.25) is 0 Å². The highest BCUT2D eigenvalue weighted by atomic mass is 79.9. The zero-order chi connectivity index (χ0) is 16.2. The van der Waals surface area contributed by atoms with Gasteiger partial charge in [-0.1, -0.05) is 35.8 Å². The van der Waals surface area contributed by atoms with Crippen molar-refractivity contribution in [3.05, 3.63) is 23.8 Å². The van der Waals surface area contributed by atoms with Crippen LogP contribution in [0.15, 0.2) is 23.1 Å². The average Bonchev–Trinajstić information content (AvgIpc) is 2.41. The lowest BCUT2D eigenvalue weighted by Crippen LogP contribution is -2.31. The van der Waals surface area contributed by atoms with Gasteiger partial charge in [0.15, 0.2) is 0 Å². The summed E-state index contributed by atoms with van der Waals surface area (Å²) in [6, 6.07) is 4.91. The Morgan fingerprint density at radius 3 is 2.38 bits per heavy atom. The molecule has 0 aliphatic heterocycles. The maximum Gasteiger partial charge on any atom is 0.243 e. The Bertz CT molecular complexity index is 611. The van der Waals surface area contributed by atoms with E-state index in [-0.39, 0.29) is 15.6 Å². The molecule has 0 bridgehead atoms. The largest absolute Gasteiger partial charge is 0.325 e. The van der Waals surface area contributed by atoms with Crippen molar-refractivity contribution in [1.82, 2.24) is 4.31 Å². The predicted octanol–water partition coefficient (Wildman–Crippen LogP) is 2.75. The first-order chi connectivity index (χ1) is 9.73. The van der Waals surface area contributed by atoms with Crippen LogP contribution in [0.3, 0.4) is 0 Å². The first-order valence-corrected chi connectivity index (χ1v) is 9.15. The molecule has 0 saturated heterocycles. The molecule has 0 aliphatic rings. The van der Waals surface area contributed by atoms with Crippen molar-refractivity contribution < 1.29 is 13.2 Å². The van der Waals surface area contributed by atoms with E-state index in [0.29, 0.717) is 24.3 Å². The fourth-order valence-corrected chi connectivity index (χ4v) is 3.72. The van der Waals surface area contributed by atoms with Crippen LogP contribution in [-0.2, 0) is 14.8 Å². The number of carbonyl (C=O) groups is 1. The van der Waals surface area contributed by atoms with E-state index in [4.69, 9.17) is 0 Å². The summed E-state index contributed by atoms with van der Waals surface area (Å²) in [4.78, 5) is 11.6. The van der Waals surface area contributed by atoms with Crippen molar-refractivity contribution in [1.29, 1.82) is 0 Å². The Balaban J connectivity index is 3.22. The molecule has 0 heterocycles. The summed E-state index contributed by atoms with van der Waals surface area (Å²) in [5.41, 5.74) is 1.13. The molecule has 1 N–H and O–H groups in total. The Morgan fingerprint density at radius 1 is 1.33 bits per heavy atom. The first-order valence-electron chi connectivity index (χ1n) is 6.79. The van der Waals surface area contributed by atoms with Gasteiger partial charge in [-0.15, -0.1) is 0 Å². The van der Waals surface area contributed by atoms with E-state index < -0.39 is 10.0 Å². The maximum atomic E-state index is 12.6. The number of nitrogens with one attached hydrogen (secondary N) is 1. The van der Waals surface area contributed by atoms with Crippen LogP contribution in [0.4, 0.5) is 5.69 Å². The second-order valence-corrected chi connectivity index (χ2v) is 7.95. The molecule has 0 fully saturated rings. The number of rotatable bonds is 6. The minimum Gasteiger partial charge on any atom is -0.325 e. The lowest BCUT2D eigenvalue weighted by atomic mass is 10.2. The first kappa shape index (κ1) is 18.1. The summed E-state index contributed by atoms with van der Waals surface area (Å²) in [6.07, 6.45) is 0. The number of aryl methyl sites for hydroxylation is 1. The number of anilines is 1. The maximum absolute atomic E-state index is 12.6. The van der Waals surface area contributed by atoms with Crippen LogP contribution >= 0.6 is 15.9 Å². The van der Waals surface area contributed by atoms with E-state index in [1.54, 1.807) is 39.8 Å². The Kier molecular flexibility index (Phi) is 6.37. The van der Waals surface area contributed by atoms with E-state index >= 15 is 0 Å². The van der Waals surface area contributed by atoms with Gasteiger partial charge in [0.1, 0.15) is 0 Å². The normalized spacial score (nSPS) is 13.2. The molecule has 0 aliphatic carbocycles. The smallest absolute Gasteiger partial charge is 0.243 e. The molecule has 0 saturated carbocycles. The van der Waals surface area contributed by atoms with Gasteiger partial charge in [0, 0.05) is 18.8 Å². The monoisotopic (exact) mass is 376 g/mol. The van der Waals surface area contributed by atoms with Crippen molar-refractivity contribution in [3.8, 4) is 0 Å². The molecule has 21 heavy (non-hydrogen) atoms. The Labute approximate surface area is 134 Å². The number of hydrogen-bond donors (Lipinski definition) is 1. The van der Waals surface area contributed by atoms with Crippen LogP contribution in [0, 0.1) is 6.92 Å². The van der Waals surface area contributed by atoms with E-state index in [9.17, 15) is 13.2 Å². The average molecular weight is 377 g/mol. The molecule has 1 amide bonds.